The fraction of sp³-hybridized carbons (Fsp3) is 0.667. The lowest BCUT2D eigenvalue weighted by Crippen LogP contribution is -2.56. The molecular weight excluding hydrogens is 309 g/mol. The lowest BCUT2D eigenvalue weighted by atomic mass is 10.2. The molecule has 5 nitrogen and oxygen atoms in total. The van der Waals surface area contributed by atoms with Crippen LogP contribution in [0.4, 0.5) is 13.2 Å². The van der Waals surface area contributed by atoms with Gasteiger partial charge in [0, 0.05) is 46.2 Å². The summed E-state index contributed by atoms with van der Waals surface area (Å²) in [5.74, 6) is 1.60. The Morgan fingerprint density at radius 2 is 2.04 bits per heavy atom. The van der Waals surface area contributed by atoms with Gasteiger partial charge in [0.25, 0.3) is 0 Å². The molecule has 1 N–H and O–H groups in total. The molecule has 0 spiro atoms. The van der Waals surface area contributed by atoms with Gasteiger partial charge in [-0.15, -0.1) is 0 Å². The molecule has 0 aromatic carbocycles. The number of aliphatic imine (C=N–C) groups is 1. The maximum Gasteiger partial charge on any atom is 0.403 e. The summed E-state index contributed by atoms with van der Waals surface area (Å²) in [4.78, 5) is 7.66. The maximum atomic E-state index is 12.8. The van der Waals surface area contributed by atoms with Crippen LogP contribution in [0.3, 0.4) is 0 Å². The summed E-state index contributed by atoms with van der Waals surface area (Å²) in [5.41, 5.74) is 0. The van der Waals surface area contributed by atoms with Crippen molar-refractivity contribution in [2.45, 2.75) is 25.6 Å². The number of piperazine rings is 1. The van der Waals surface area contributed by atoms with Crippen molar-refractivity contribution in [3.8, 4) is 0 Å². The third-order valence-corrected chi connectivity index (χ3v) is 4.08. The predicted octanol–water partition coefficient (Wildman–Crippen LogP) is 1.97. The molecule has 1 aliphatic heterocycles. The molecule has 0 radical (unpaired) electrons. The van der Waals surface area contributed by atoms with Crippen molar-refractivity contribution in [3.05, 3.63) is 24.2 Å². The van der Waals surface area contributed by atoms with Gasteiger partial charge < -0.3 is 14.6 Å². The molecule has 2 heterocycles. The van der Waals surface area contributed by atoms with E-state index in [0.717, 1.165) is 18.1 Å². The highest BCUT2D eigenvalue weighted by Gasteiger charge is 2.41. The Bertz CT molecular complexity index is 493. The van der Waals surface area contributed by atoms with Crippen LogP contribution in [-0.2, 0) is 6.42 Å². The molecule has 1 atom stereocenters. The smallest absolute Gasteiger partial charge is 0.403 e. The molecular formula is C15H23F3N4O. The minimum atomic E-state index is -4.18. The quantitative estimate of drug-likeness (QED) is 0.676. The molecule has 0 aliphatic carbocycles. The molecule has 0 amide bonds. The number of hydrogen-bond donors (Lipinski definition) is 1. The highest BCUT2D eigenvalue weighted by molar-refractivity contribution is 5.80. The van der Waals surface area contributed by atoms with E-state index in [4.69, 9.17) is 4.42 Å². The van der Waals surface area contributed by atoms with Crippen LogP contribution in [0, 0.1) is 0 Å². The first kappa shape index (κ1) is 17.7. The zero-order valence-corrected chi connectivity index (χ0v) is 13.4. The monoisotopic (exact) mass is 332 g/mol. The van der Waals surface area contributed by atoms with Crippen molar-refractivity contribution in [1.29, 1.82) is 0 Å². The Balaban J connectivity index is 1.78. The van der Waals surface area contributed by atoms with Gasteiger partial charge in [-0.2, -0.15) is 13.2 Å². The summed E-state index contributed by atoms with van der Waals surface area (Å²) < 4.78 is 43.5. The van der Waals surface area contributed by atoms with E-state index in [-0.39, 0.29) is 0 Å². The van der Waals surface area contributed by atoms with E-state index < -0.39 is 12.2 Å². The lowest BCUT2D eigenvalue weighted by molar-refractivity contribution is -0.181. The second-order valence-corrected chi connectivity index (χ2v) is 5.54. The van der Waals surface area contributed by atoms with Crippen LogP contribution >= 0.6 is 0 Å². The second-order valence-electron chi connectivity index (χ2n) is 5.54. The number of halogens is 3. The molecule has 130 valence electrons. The van der Waals surface area contributed by atoms with Crippen molar-refractivity contribution < 1.29 is 17.6 Å². The molecule has 8 heteroatoms. The van der Waals surface area contributed by atoms with Crippen molar-refractivity contribution in [2.24, 2.45) is 4.99 Å². The molecule has 1 fully saturated rings. The minimum Gasteiger partial charge on any atom is -0.469 e. The molecule has 1 aliphatic rings. The topological polar surface area (TPSA) is 44.0 Å². The molecule has 23 heavy (non-hydrogen) atoms. The third kappa shape index (κ3) is 4.89. The zero-order chi connectivity index (χ0) is 16.9. The Morgan fingerprint density at radius 1 is 1.35 bits per heavy atom. The van der Waals surface area contributed by atoms with Gasteiger partial charge in [-0.3, -0.25) is 9.89 Å². The Hall–Kier alpha value is -1.70. The average molecular weight is 332 g/mol. The highest BCUT2D eigenvalue weighted by Crippen LogP contribution is 2.25. The normalized spacial score (nSPS) is 19.0. The van der Waals surface area contributed by atoms with E-state index in [0.29, 0.717) is 32.7 Å². The number of nitrogens with one attached hydrogen (secondary N) is 1. The summed E-state index contributed by atoms with van der Waals surface area (Å²) in [6.45, 7) is 3.69. The molecule has 1 saturated heterocycles. The fourth-order valence-electron chi connectivity index (χ4n) is 2.61. The molecule has 0 saturated carbocycles. The summed E-state index contributed by atoms with van der Waals surface area (Å²) in [5, 5.41) is 3.23. The van der Waals surface area contributed by atoms with Gasteiger partial charge >= 0.3 is 6.18 Å². The summed E-state index contributed by atoms with van der Waals surface area (Å²) in [7, 11) is 1.68. The average Bonchev–Trinajstić information content (AvgIpc) is 3.03. The number of rotatable bonds is 4. The van der Waals surface area contributed by atoms with Crippen LogP contribution < -0.4 is 5.32 Å². The van der Waals surface area contributed by atoms with Gasteiger partial charge in [-0.05, 0) is 19.1 Å². The summed E-state index contributed by atoms with van der Waals surface area (Å²) >= 11 is 0. The first-order chi connectivity index (χ1) is 10.9. The first-order valence-electron chi connectivity index (χ1n) is 7.70. The van der Waals surface area contributed by atoms with Crippen molar-refractivity contribution >= 4 is 5.96 Å². The minimum absolute atomic E-state index is 0.375. The van der Waals surface area contributed by atoms with Gasteiger partial charge in [0.2, 0.25) is 0 Å². The van der Waals surface area contributed by atoms with E-state index in [1.54, 1.807) is 13.3 Å². The SMILES string of the molecule is CN=C(NCCc1ccco1)N1CCN(C(C)C(F)(F)F)CC1. The second kappa shape index (κ2) is 7.72. The molecule has 2 rings (SSSR count). The molecule has 1 aromatic rings. The van der Waals surface area contributed by atoms with Crippen molar-refractivity contribution in [3.63, 3.8) is 0 Å². The van der Waals surface area contributed by atoms with Gasteiger partial charge in [0.05, 0.1) is 6.26 Å². The van der Waals surface area contributed by atoms with Gasteiger partial charge in [-0.25, -0.2) is 0 Å². The van der Waals surface area contributed by atoms with E-state index in [1.807, 2.05) is 17.0 Å². The van der Waals surface area contributed by atoms with Crippen LogP contribution in [0.2, 0.25) is 0 Å². The fourth-order valence-corrected chi connectivity index (χ4v) is 2.61. The lowest BCUT2D eigenvalue weighted by Gasteiger charge is -2.39. The van der Waals surface area contributed by atoms with Gasteiger partial charge in [-0.1, -0.05) is 0 Å². The van der Waals surface area contributed by atoms with Crippen LogP contribution in [-0.4, -0.2) is 67.7 Å². The summed E-state index contributed by atoms with van der Waals surface area (Å²) in [6.07, 6.45) is -1.81. The van der Waals surface area contributed by atoms with E-state index >= 15 is 0 Å². The van der Waals surface area contributed by atoms with Crippen LogP contribution in [0.5, 0.6) is 0 Å². The first-order valence-corrected chi connectivity index (χ1v) is 7.70. The number of furan rings is 1. The number of alkyl halides is 3. The Kier molecular flexibility index (Phi) is 5.92. The van der Waals surface area contributed by atoms with Crippen molar-refractivity contribution in [1.82, 2.24) is 15.1 Å². The van der Waals surface area contributed by atoms with E-state index in [1.165, 1.54) is 11.8 Å². The molecule has 1 aromatic heterocycles. The summed E-state index contributed by atoms with van der Waals surface area (Å²) in [6, 6.07) is 2.34. The number of nitrogens with zero attached hydrogens (tertiary/aromatic N) is 3. The van der Waals surface area contributed by atoms with E-state index in [2.05, 4.69) is 10.3 Å². The highest BCUT2D eigenvalue weighted by atomic mass is 19.4. The van der Waals surface area contributed by atoms with E-state index in [9.17, 15) is 13.2 Å². The maximum absolute atomic E-state index is 12.8. The van der Waals surface area contributed by atoms with Crippen LogP contribution in [0.15, 0.2) is 27.8 Å². The number of guanidine groups is 1. The van der Waals surface area contributed by atoms with Crippen LogP contribution in [0.25, 0.3) is 0 Å². The van der Waals surface area contributed by atoms with Crippen molar-refractivity contribution in [2.75, 3.05) is 39.8 Å². The molecule has 1 unspecified atom stereocenters. The van der Waals surface area contributed by atoms with Gasteiger partial charge in [0.15, 0.2) is 5.96 Å². The third-order valence-electron chi connectivity index (χ3n) is 4.08. The largest absolute Gasteiger partial charge is 0.469 e. The van der Waals surface area contributed by atoms with Crippen LogP contribution in [0.1, 0.15) is 12.7 Å². The Morgan fingerprint density at radius 3 is 2.57 bits per heavy atom. The predicted molar refractivity (Wildman–Crippen MR) is 82.4 cm³/mol. The standard InChI is InChI=1S/C15H23F3N4O/c1-12(15(16,17)18)21-7-9-22(10-8-21)14(19-2)20-6-5-13-4-3-11-23-13/h3-4,11-12H,5-10H2,1-2H3,(H,19,20). The zero-order valence-electron chi connectivity index (χ0n) is 13.4. The Labute approximate surface area is 134 Å². The number of hydrogen-bond acceptors (Lipinski definition) is 3. The molecule has 0 bridgehead atoms. The van der Waals surface area contributed by atoms with Gasteiger partial charge in [0.1, 0.15) is 11.8 Å².